The molecular formula is C20H29ClN2O3S. The van der Waals surface area contributed by atoms with E-state index in [0.717, 1.165) is 18.8 Å². The Hall–Kier alpha value is -1.11. The number of amides is 1. The molecular weight excluding hydrogens is 384 g/mol. The Morgan fingerprint density at radius 1 is 1.15 bits per heavy atom. The van der Waals surface area contributed by atoms with Crippen LogP contribution in [0.4, 0.5) is 0 Å². The fourth-order valence-corrected chi connectivity index (χ4v) is 5.59. The van der Waals surface area contributed by atoms with E-state index in [4.69, 9.17) is 11.6 Å². The topological polar surface area (TPSA) is 75.3 Å². The standard InChI is InChI=1S/C20H29ClN2O3S/c21-17-10-5-11-18(15-17)27(25,26)23-20(12-13-20)19(24)22-14-6-9-16-7-3-1-2-4-8-16/h5,10-11,15-16,23H,1-4,6-9,12-14H2,(H,22,24). The van der Waals surface area contributed by atoms with E-state index >= 15 is 0 Å². The molecule has 3 rings (SSSR count). The predicted molar refractivity (Wildman–Crippen MR) is 107 cm³/mol. The normalized spacial score (nSPS) is 20.0. The SMILES string of the molecule is O=C(NCCCC1CCCCCC1)C1(NS(=O)(=O)c2cccc(Cl)c2)CC1. The Kier molecular flexibility index (Phi) is 6.82. The Labute approximate surface area is 167 Å². The molecule has 0 aromatic heterocycles. The molecule has 1 aromatic rings. The van der Waals surface area contributed by atoms with Crippen molar-refractivity contribution < 1.29 is 13.2 Å². The number of hydrogen-bond acceptors (Lipinski definition) is 3. The lowest BCUT2D eigenvalue weighted by Crippen LogP contribution is -2.49. The van der Waals surface area contributed by atoms with Gasteiger partial charge in [0, 0.05) is 11.6 Å². The van der Waals surface area contributed by atoms with Crippen molar-refractivity contribution in [3.8, 4) is 0 Å². The minimum Gasteiger partial charge on any atom is -0.354 e. The number of nitrogens with one attached hydrogen (secondary N) is 2. The lowest BCUT2D eigenvalue weighted by Gasteiger charge is -2.18. The highest BCUT2D eigenvalue weighted by atomic mass is 35.5. The summed E-state index contributed by atoms with van der Waals surface area (Å²) in [6.45, 7) is 0.607. The summed E-state index contributed by atoms with van der Waals surface area (Å²) in [6, 6.07) is 6.08. The molecule has 0 bridgehead atoms. The average Bonchev–Trinajstić information content (AvgIpc) is 3.43. The van der Waals surface area contributed by atoms with Crippen LogP contribution in [0.2, 0.25) is 5.02 Å². The third kappa shape index (κ3) is 5.69. The van der Waals surface area contributed by atoms with Gasteiger partial charge in [0.1, 0.15) is 5.54 Å². The smallest absolute Gasteiger partial charge is 0.241 e. The zero-order valence-electron chi connectivity index (χ0n) is 15.7. The first kappa shape index (κ1) is 20.6. The molecule has 1 aromatic carbocycles. The maximum atomic E-state index is 12.6. The van der Waals surface area contributed by atoms with E-state index in [-0.39, 0.29) is 10.8 Å². The quantitative estimate of drug-likeness (QED) is 0.500. The minimum atomic E-state index is -3.77. The average molecular weight is 413 g/mol. The van der Waals surface area contributed by atoms with Crippen molar-refractivity contribution in [3.63, 3.8) is 0 Å². The van der Waals surface area contributed by atoms with E-state index in [1.807, 2.05) is 0 Å². The van der Waals surface area contributed by atoms with E-state index < -0.39 is 15.6 Å². The van der Waals surface area contributed by atoms with Crippen LogP contribution >= 0.6 is 11.6 Å². The highest BCUT2D eigenvalue weighted by Crippen LogP contribution is 2.37. The highest BCUT2D eigenvalue weighted by molar-refractivity contribution is 7.89. The van der Waals surface area contributed by atoms with Gasteiger partial charge in [0.15, 0.2) is 0 Å². The molecule has 1 amide bonds. The Bertz CT molecular complexity index is 754. The van der Waals surface area contributed by atoms with Crippen molar-refractivity contribution in [2.24, 2.45) is 5.92 Å². The van der Waals surface area contributed by atoms with Gasteiger partial charge in [-0.3, -0.25) is 4.79 Å². The Balaban J connectivity index is 1.48. The van der Waals surface area contributed by atoms with E-state index in [1.165, 1.54) is 50.7 Å². The summed E-state index contributed by atoms with van der Waals surface area (Å²) in [4.78, 5) is 12.6. The molecule has 5 nitrogen and oxygen atoms in total. The van der Waals surface area contributed by atoms with E-state index in [0.29, 0.717) is 24.4 Å². The van der Waals surface area contributed by atoms with Gasteiger partial charge in [-0.1, -0.05) is 56.2 Å². The number of benzene rings is 1. The van der Waals surface area contributed by atoms with Crippen LogP contribution in [0.3, 0.4) is 0 Å². The number of carbonyl (C=O) groups is 1. The van der Waals surface area contributed by atoms with Gasteiger partial charge in [0.25, 0.3) is 0 Å². The molecule has 2 saturated carbocycles. The molecule has 2 N–H and O–H groups in total. The van der Waals surface area contributed by atoms with Gasteiger partial charge in [-0.2, -0.15) is 4.72 Å². The van der Waals surface area contributed by atoms with Gasteiger partial charge in [0.2, 0.25) is 15.9 Å². The molecule has 27 heavy (non-hydrogen) atoms. The molecule has 0 unspecified atom stereocenters. The first-order valence-corrected chi connectivity index (χ1v) is 11.9. The molecule has 2 fully saturated rings. The maximum absolute atomic E-state index is 12.6. The monoisotopic (exact) mass is 412 g/mol. The fraction of sp³-hybridized carbons (Fsp3) is 0.650. The number of hydrogen-bond donors (Lipinski definition) is 2. The maximum Gasteiger partial charge on any atom is 0.241 e. The van der Waals surface area contributed by atoms with Gasteiger partial charge in [-0.05, 0) is 49.8 Å². The summed E-state index contributed by atoms with van der Waals surface area (Å²) in [6.07, 6.45) is 11.1. The highest BCUT2D eigenvalue weighted by Gasteiger charge is 2.52. The van der Waals surface area contributed by atoms with E-state index in [9.17, 15) is 13.2 Å². The van der Waals surface area contributed by atoms with E-state index in [2.05, 4.69) is 10.0 Å². The van der Waals surface area contributed by atoms with Crippen molar-refractivity contribution in [3.05, 3.63) is 29.3 Å². The molecule has 2 aliphatic carbocycles. The summed E-state index contributed by atoms with van der Waals surface area (Å²) in [7, 11) is -3.77. The number of rotatable bonds is 8. The molecule has 0 atom stereocenters. The van der Waals surface area contributed by atoms with Crippen LogP contribution < -0.4 is 10.0 Å². The van der Waals surface area contributed by atoms with Crippen molar-refractivity contribution in [1.82, 2.24) is 10.0 Å². The van der Waals surface area contributed by atoms with Crippen LogP contribution in [0.15, 0.2) is 29.2 Å². The predicted octanol–water partition coefficient (Wildman–Crippen LogP) is 4.02. The third-order valence-electron chi connectivity index (χ3n) is 5.67. The largest absolute Gasteiger partial charge is 0.354 e. The van der Waals surface area contributed by atoms with Crippen LogP contribution in [0.25, 0.3) is 0 Å². The Morgan fingerprint density at radius 3 is 2.48 bits per heavy atom. The first-order chi connectivity index (χ1) is 12.9. The summed E-state index contributed by atoms with van der Waals surface area (Å²) in [5.41, 5.74) is -0.997. The molecule has 0 spiro atoms. The van der Waals surface area contributed by atoms with Crippen LogP contribution in [0.1, 0.15) is 64.2 Å². The van der Waals surface area contributed by atoms with Gasteiger partial charge < -0.3 is 5.32 Å². The lowest BCUT2D eigenvalue weighted by atomic mass is 9.95. The summed E-state index contributed by atoms with van der Waals surface area (Å²) >= 11 is 5.89. The van der Waals surface area contributed by atoms with Crippen molar-refractivity contribution in [1.29, 1.82) is 0 Å². The second kappa shape index (κ2) is 8.93. The summed E-state index contributed by atoms with van der Waals surface area (Å²) < 4.78 is 27.7. The third-order valence-corrected chi connectivity index (χ3v) is 7.44. The minimum absolute atomic E-state index is 0.0856. The number of carbonyl (C=O) groups excluding carboxylic acids is 1. The second-order valence-corrected chi connectivity index (χ2v) is 10.0. The summed E-state index contributed by atoms with van der Waals surface area (Å²) in [5, 5.41) is 3.29. The van der Waals surface area contributed by atoms with Crippen LogP contribution in [0, 0.1) is 5.92 Å². The molecule has 0 radical (unpaired) electrons. The van der Waals surface area contributed by atoms with Crippen molar-refractivity contribution >= 4 is 27.5 Å². The second-order valence-electron chi connectivity index (χ2n) is 7.90. The molecule has 150 valence electrons. The zero-order chi connectivity index (χ0) is 19.3. The first-order valence-electron chi connectivity index (χ1n) is 9.99. The molecule has 0 aliphatic heterocycles. The van der Waals surface area contributed by atoms with Gasteiger partial charge in [-0.15, -0.1) is 0 Å². The van der Waals surface area contributed by atoms with Gasteiger partial charge in [0.05, 0.1) is 4.90 Å². The lowest BCUT2D eigenvalue weighted by molar-refractivity contribution is -0.123. The molecule has 0 heterocycles. The molecule has 7 heteroatoms. The van der Waals surface area contributed by atoms with E-state index in [1.54, 1.807) is 12.1 Å². The van der Waals surface area contributed by atoms with Crippen molar-refractivity contribution in [2.45, 2.75) is 74.6 Å². The summed E-state index contributed by atoms with van der Waals surface area (Å²) in [5.74, 6) is 0.564. The van der Waals surface area contributed by atoms with Crippen molar-refractivity contribution in [2.75, 3.05) is 6.54 Å². The Morgan fingerprint density at radius 2 is 1.85 bits per heavy atom. The number of sulfonamides is 1. The van der Waals surface area contributed by atoms with Gasteiger partial charge >= 0.3 is 0 Å². The van der Waals surface area contributed by atoms with Crippen LogP contribution in [-0.4, -0.2) is 26.4 Å². The van der Waals surface area contributed by atoms with Crippen LogP contribution in [0.5, 0.6) is 0 Å². The fourth-order valence-electron chi connectivity index (χ4n) is 3.87. The zero-order valence-corrected chi connectivity index (χ0v) is 17.2. The van der Waals surface area contributed by atoms with Crippen LogP contribution in [-0.2, 0) is 14.8 Å². The molecule has 0 saturated heterocycles. The van der Waals surface area contributed by atoms with Gasteiger partial charge in [-0.25, -0.2) is 8.42 Å². The molecule has 2 aliphatic rings. The number of halogens is 1.